The molecule has 0 fully saturated rings. The van der Waals surface area contributed by atoms with E-state index in [0.29, 0.717) is 23.6 Å². The molecule has 0 spiro atoms. The number of fused-ring (bicyclic) bond motifs is 1. The summed E-state index contributed by atoms with van der Waals surface area (Å²) >= 11 is 0. The van der Waals surface area contributed by atoms with Crippen molar-refractivity contribution < 1.29 is 18.8 Å². The number of aromatic nitrogens is 3. The van der Waals surface area contributed by atoms with Gasteiger partial charge in [0, 0.05) is 12.4 Å². The number of carbonyl (C=O) groups excluding carboxylic acids is 1. The molecule has 0 aliphatic rings. The van der Waals surface area contributed by atoms with Crippen LogP contribution in [0.1, 0.15) is 33.1 Å². The third-order valence-electron chi connectivity index (χ3n) is 4.42. The van der Waals surface area contributed by atoms with Gasteiger partial charge in [0.25, 0.3) is 0 Å². The SMILES string of the molecule is Cc1noc(C)c1COc1ccc(C(=O)OCc2cn3ccccc3n2)cc1. The lowest BCUT2D eigenvalue weighted by Gasteiger charge is -2.07. The summed E-state index contributed by atoms with van der Waals surface area (Å²) < 4.78 is 18.1. The third-order valence-corrected chi connectivity index (χ3v) is 4.42. The van der Waals surface area contributed by atoms with Gasteiger partial charge in [0.15, 0.2) is 0 Å². The lowest BCUT2D eigenvalue weighted by Crippen LogP contribution is -2.05. The molecule has 0 unspecified atom stereocenters. The van der Waals surface area contributed by atoms with Gasteiger partial charge < -0.3 is 18.4 Å². The van der Waals surface area contributed by atoms with Crippen LogP contribution in [0.4, 0.5) is 0 Å². The molecule has 0 amide bonds. The molecule has 142 valence electrons. The van der Waals surface area contributed by atoms with E-state index in [4.69, 9.17) is 14.0 Å². The van der Waals surface area contributed by atoms with Crippen LogP contribution < -0.4 is 4.74 Å². The highest BCUT2D eigenvalue weighted by molar-refractivity contribution is 5.89. The molecule has 4 rings (SSSR count). The monoisotopic (exact) mass is 377 g/mol. The molecule has 3 heterocycles. The van der Waals surface area contributed by atoms with Crippen LogP contribution in [0.3, 0.4) is 0 Å². The first-order chi connectivity index (χ1) is 13.6. The topological polar surface area (TPSA) is 78.9 Å². The number of aryl methyl sites for hydroxylation is 2. The Morgan fingerprint density at radius 1 is 1.11 bits per heavy atom. The molecule has 0 saturated heterocycles. The van der Waals surface area contributed by atoms with Gasteiger partial charge in [-0.2, -0.15) is 0 Å². The number of carbonyl (C=O) groups is 1. The van der Waals surface area contributed by atoms with Crippen LogP contribution in [0.5, 0.6) is 5.75 Å². The molecule has 7 heteroatoms. The fourth-order valence-electron chi connectivity index (χ4n) is 2.83. The lowest BCUT2D eigenvalue weighted by atomic mass is 10.2. The maximum atomic E-state index is 12.3. The van der Waals surface area contributed by atoms with Gasteiger partial charge in [-0.05, 0) is 50.2 Å². The molecule has 28 heavy (non-hydrogen) atoms. The third kappa shape index (κ3) is 3.73. The highest BCUT2D eigenvalue weighted by atomic mass is 16.5. The minimum atomic E-state index is -0.408. The summed E-state index contributed by atoms with van der Waals surface area (Å²) in [5, 5.41) is 3.90. The first-order valence-electron chi connectivity index (χ1n) is 8.84. The summed E-state index contributed by atoms with van der Waals surface area (Å²) in [4.78, 5) is 16.7. The minimum Gasteiger partial charge on any atom is -0.489 e. The molecular formula is C21H19N3O4. The van der Waals surface area contributed by atoms with Gasteiger partial charge in [0.05, 0.1) is 22.5 Å². The predicted molar refractivity (Wildman–Crippen MR) is 101 cm³/mol. The Labute approximate surface area is 161 Å². The van der Waals surface area contributed by atoms with Gasteiger partial charge >= 0.3 is 5.97 Å². The zero-order valence-corrected chi connectivity index (χ0v) is 15.6. The minimum absolute atomic E-state index is 0.116. The van der Waals surface area contributed by atoms with Gasteiger partial charge in [-0.25, -0.2) is 9.78 Å². The Hall–Kier alpha value is -3.61. The number of hydrogen-bond acceptors (Lipinski definition) is 6. The summed E-state index contributed by atoms with van der Waals surface area (Å²) in [6.07, 6.45) is 3.74. The average Bonchev–Trinajstić information content (AvgIpc) is 3.27. The second kappa shape index (κ2) is 7.56. The van der Waals surface area contributed by atoms with E-state index in [0.717, 1.165) is 22.7 Å². The van der Waals surface area contributed by atoms with Crippen molar-refractivity contribution in [3.63, 3.8) is 0 Å². The molecule has 0 saturated carbocycles. The molecular weight excluding hydrogens is 358 g/mol. The summed E-state index contributed by atoms with van der Waals surface area (Å²) in [5.41, 5.74) is 3.70. The van der Waals surface area contributed by atoms with Crippen molar-refractivity contribution in [3.05, 3.63) is 83.1 Å². The lowest BCUT2D eigenvalue weighted by molar-refractivity contribution is 0.0468. The smallest absolute Gasteiger partial charge is 0.338 e. The molecule has 7 nitrogen and oxygen atoms in total. The van der Waals surface area contributed by atoms with Crippen LogP contribution >= 0.6 is 0 Å². The predicted octanol–water partition coefficient (Wildman–Crippen LogP) is 3.88. The van der Waals surface area contributed by atoms with Gasteiger partial charge in [0.2, 0.25) is 0 Å². The molecule has 4 aromatic rings. The number of esters is 1. The Balaban J connectivity index is 1.34. The van der Waals surface area contributed by atoms with Crippen molar-refractivity contribution in [2.75, 3.05) is 0 Å². The Morgan fingerprint density at radius 2 is 1.93 bits per heavy atom. The van der Waals surface area contributed by atoms with E-state index in [1.165, 1.54) is 0 Å². The number of ether oxygens (including phenoxy) is 2. The second-order valence-electron chi connectivity index (χ2n) is 6.39. The molecule has 0 N–H and O–H groups in total. The van der Waals surface area contributed by atoms with Crippen molar-refractivity contribution in [2.24, 2.45) is 0 Å². The summed E-state index contributed by atoms with van der Waals surface area (Å²) in [5.74, 6) is 0.982. The van der Waals surface area contributed by atoms with Crippen LogP contribution in [-0.2, 0) is 18.0 Å². The summed E-state index contributed by atoms with van der Waals surface area (Å²) in [7, 11) is 0. The van der Waals surface area contributed by atoms with Crippen LogP contribution in [-0.4, -0.2) is 20.5 Å². The number of pyridine rings is 1. The van der Waals surface area contributed by atoms with E-state index in [1.807, 2.05) is 48.8 Å². The van der Waals surface area contributed by atoms with Gasteiger partial charge in [-0.15, -0.1) is 0 Å². The van der Waals surface area contributed by atoms with E-state index in [1.54, 1.807) is 24.3 Å². The van der Waals surface area contributed by atoms with Crippen molar-refractivity contribution >= 4 is 11.6 Å². The zero-order valence-electron chi connectivity index (χ0n) is 15.6. The van der Waals surface area contributed by atoms with Crippen molar-refractivity contribution in [1.29, 1.82) is 0 Å². The average molecular weight is 377 g/mol. The Bertz CT molecular complexity index is 1060. The molecule has 0 radical (unpaired) electrons. The maximum absolute atomic E-state index is 12.3. The first kappa shape index (κ1) is 17.8. The number of hydrogen-bond donors (Lipinski definition) is 0. The highest BCUT2D eigenvalue weighted by Crippen LogP contribution is 2.18. The normalized spacial score (nSPS) is 10.9. The molecule has 0 aliphatic carbocycles. The van der Waals surface area contributed by atoms with Crippen LogP contribution in [0.15, 0.2) is 59.4 Å². The van der Waals surface area contributed by atoms with Crippen LogP contribution in [0.2, 0.25) is 0 Å². The summed E-state index contributed by atoms with van der Waals surface area (Å²) in [6.45, 7) is 4.20. The fraction of sp³-hybridized carbons (Fsp3) is 0.190. The van der Waals surface area contributed by atoms with Crippen LogP contribution in [0, 0.1) is 13.8 Å². The maximum Gasteiger partial charge on any atom is 0.338 e. The van der Waals surface area contributed by atoms with Crippen molar-refractivity contribution in [1.82, 2.24) is 14.5 Å². The molecule has 1 aromatic carbocycles. The Kier molecular flexibility index (Phi) is 4.80. The summed E-state index contributed by atoms with van der Waals surface area (Å²) in [6, 6.07) is 12.5. The van der Waals surface area contributed by atoms with Crippen molar-refractivity contribution in [3.8, 4) is 5.75 Å². The van der Waals surface area contributed by atoms with E-state index in [-0.39, 0.29) is 6.61 Å². The van der Waals surface area contributed by atoms with Crippen molar-refractivity contribution in [2.45, 2.75) is 27.1 Å². The molecule has 0 bridgehead atoms. The van der Waals surface area contributed by atoms with E-state index in [2.05, 4.69) is 10.1 Å². The number of nitrogens with zero attached hydrogens (tertiary/aromatic N) is 3. The highest BCUT2D eigenvalue weighted by Gasteiger charge is 2.11. The quantitative estimate of drug-likeness (QED) is 0.475. The fourth-order valence-corrected chi connectivity index (χ4v) is 2.83. The second-order valence-corrected chi connectivity index (χ2v) is 6.39. The van der Waals surface area contributed by atoms with Gasteiger partial charge in [-0.1, -0.05) is 11.2 Å². The zero-order chi connectivity index (χ0) is 19.5. The standard InChI is InChI=1S/C21H19N3O4/c1-14-19(15(2)28-23-14)13-26-18-8-6-16(7-9-18)21(25)27-12-17-11-24-10-4-3-5-20(24)22-17/h3-11H,12-13H2,1-2H3. The molecule has 3 aromatic heterocycles. The first-order valence-corrected chi connectivity index (χ1v) is 8.84. The van der Waals surface area contributed by atoms with Crippen LogP contribution in [0.25, 0.3) is 5.65 Å². The van der Waals surface area contributed by atoms with E-state index in [9.17, 15) is 4.79 Å². The number of imidazole rings is 1. The molecule has 0 atom stereocenters. The Morgan fingerprint density at radius 3 is 2.64 bits per heavy atom. The van der Waals surface area contributed by atoms with Gasteiger partial charge in [0.1, 0.15) is 30.4 Å². The molecule has 0 aliphatic heterocycles. The largest absolute Gasteiger partial charge is 0.489 e. The number of rotatable bonds is 6. The van der Waals surface area contributed by atoms with E-state index < -0.39 is 5.97 Å². The van der Waals surface area contributed by atoms with E-state index >= 15 is 0 Å². The number of benzene rings is 1. The van der Waals surface area contributed by atoms with Gasteiger partial charge in [-0.3, -0.25) is 0 Å².